The molecule has 1 aromatic carbocycles. The van der Waals surface area contributed by atoms with E-state index in [9.17, 15) is 4.79 Å². The number of carbonyl (C=O) groups excluding carboxylic acids is 1. The highest BCUT2D eigenvalue weighted by Crippen LogP contribution is 2.17. The molecule has 0 aliphatic heterocycles. The molecule has 0 unspecified atom stereocenters. The molecule has 158 valence electrons. The Labute approximate surface area is 175 Å². The molecule has 0 saturated carbocycles. The van der Waals surface area contributed by atoms with Crippen molar-refractivity contribution in [2.75, 3.05) is 5.73 Å². The number of hydrogen-bond donors (Lipinski definition) is 2. The number of hydrazone groups is 1. The lowest BCUT2D eigenvalue weighted by Crippen LogP contribution is -2.21. The highest BCUT2D eigenvalue weighted by Gasteiger charge is 2.23. The summed E-state index contributed by atoms with van der Waals surface area (Å²) in [6, 6.07) is 7.38. The molecule has 0 aliphatic carbocycles. The van der Waals surface area contributed by atoms with Crippen LogP contribution in [0.3, 0.4) is 0 Å². The number of nitrogens with one attached hydrogen (secondary N) is 1. The Hall–Kier alpha value is -4.49. The van der Waals surface area contributed by atoms with E-state index in [0.29, 0.717) is 17.8 Å². The third kappa shape index (κ3) is 3.98. The molecule has 1 amide bonds. The summed E-state index contributed by atoms with van der Waals surface area (Å²) in [7, 11) is 0. The summed E-state index contributed by atoms with van der Waals surface area (Å²) >= 11 is 0. The van der Waals surface area contributed by atoms with Crippen molar-refractivity contribution in [3.05, 3.63) is 47.5 Å². The van der Waals surface area contributed by atoms with E-state index < -0.39 is 5.91 Å². The standard InChI is InChI=1S/C17H18N12O2/c1-3-4-13-14(21-26-29(13)16-15(18)23-31-24-16)17(30)22-20-10(2)11-5-7-12(8-6-11)28-9-19-25-27-28/h5-9H,3-4H2,1-2H3,(H2,18,23)(H,22,30)/b20-10+. The Morgan fingerprint density at radius 2 is 2.03 bits per heavy atom. The number of hydrogen-bond acceptors (Lipinski definition) is 11. The number of benzene rings is 1. The first-order valence-electron chi connectivity index (χ1n) is 9.30. The number of amides is 1. The van der Waals surface area contributed by atoms with Crippen molar-refractivity contribution < 1.29 is 9.42 Å². The molecule has 0 saturated heterocycles. The summed E-state index contributed by atoms with van der Waals surface area (Å²) in [5.41, 5.74) is 11.1. The number of tetrazole rings is 1. The van der Waals surface area contributed by atoms with Gasteiger partial charge in [-0.2, -0.15) is 9.78 Å². The van der Waals surface area contributed by atoms with E-state index in [1.165, 1.54) is 15.7 Å². The number of carbonyl (C=O) groups is 1. The molecule has 0 atom stereocenters. The van der Waals surface area contributed by atoms with E-state index in [1.54, 1.807) is 6.92 Å². The van der Waals surface area contributed by atoms with Crippen molar-refractivity contribution in [3.8, 4) is 11.5 Å². The van der Waals surface area contributed by atoms with Gasteiger partial charge in [0, 0.05) is 0 Å². The first-order valence-corrected chi connectivity index (χ1v) is 9.30. The predicted molar refractivity (Wildman–Crippen MR) is 106 cm³/mol. The van der Waals surface area contributed by atoms with Crippen molar-refractivity contribution >= 4 is 17.4 Å². The van der Waals surface area contributed by atoms with Gasteiger partial charge in [0.05, 0.1) is 17.1 Å². The van der Waals surface area contributed by atoms with Gasteiger partial charge >= 0.3 is 0 Å². The van der Waals surface area contributed by atoms with E-state index in [0.717, 1.165) is 17.7 Å². The topological polar surface area (TPSA) is 181 Å². The fraction of sp³-hybridized carbons (Fsp3) is 0.235. The van der Waals surface area contributed by atoms with Gasteiger partial charge in [-0.25, -0.2) is 14.7 Å². The summed E-state index contributed by atoms with van der Waals surface area (Å²) in [6.07, 6.45) is 2.76. The van der Waals surface area contributed by atoms with E-state index in [1.807, 2.05) is 31.2 Å². The summed E-state index contributed by atoms with van der Waals surface area (Å²) in [5, 5.41) is 30.4. The number of nitrogens with two attached hydrogens (primary N) is 1. The van der Waals surface area contributed by atoms with Crippen LogP contribution in [0.5, 0.6) is 0 Å². The van der Waals surface area contributed by atoms with Crippen molar-refractivity contribution in [2.45, 2.75) is 26.7 Å². The molecule has 0 fully saturated rings. The van der Waals surface area contributed by atoms with Gasteiger partial charge in [-0.1, -0.05) is 30.7 Å². The van der Waals surface area contributed by atoms with Gasteiger partial charge < -0.3 is 5.73 Å². The normalized spacial score (nSPS) is 11.6. The second-order valence-corrected chi connectivity index (χ2v) is 6.46. The zero-order chi connectivity index (χ0) is 21.8. The molecule has 3 aromatic heterocycles. The minimum absolute atomic E-state index is 0.0493. The molecule has 3 N–H and O–H groups in total. The zero-order valence-corrected chi connectivity index (χ0v) is 16.7. The maximum Gasteiger partial charge on any atom is 0.293 e. The second-order valence-electron chi connectivity index (χ2n) is 6.46. The minimum Gasteiger partial charge on any atom is -0.378 e. The highest BCUT2D eigenvalue weighted by molar-refractivity contribution is 6.00. The Morgan fingerprint density at radius 1 is 1.23 bits per heavy atom. The third-order valence-corrected chi connectivity index (χ3v) is 4.39. The van der Waals surface area contributed by atoms with Crippen LogP contribution in [0.2, 0.25) is 0 Å². The van der Waals surface area contributed by atoms with Gasteiger partial charge in [0.1, 0.15) is 6.33 Å². The minimum atomic E-state index is -0.505. The van der Waals surface area contributed by atoms with Gasteiger partial charge in [-0.3, -0.25) is 4.79 Å². The molecule has 4 aromatic rings. The number of rotatable bonds is 7. The zero-order valence-electron chi connectivity index (χ0n) is 16.7. The van der Waals surface area contributed by atoms with E-state index in [4.69, 9.17) is 5.73 Å². The summed E-state index contributed by atoms with van der Waals surface area (Å²) in [5.74, 6) is -0.278. The van der Waals surface area contributed by atoms with E-state index in [-0.39, 0.29) is 17.3 Å². The van der Waals surface area contributed by atoms with Crippen LogP contribution in [0.1, 0.15) is 42.0 Å². The van der Waals surface area contributed by atoms with Crippen molar-refractivity contribution in [1.82, 2.24) is 50.9 Å². The number of nitrogen functional groups attached to an aromatic ring is 1. The molecule has 31 heavy (non-hydrogen) atoms. The average molecular weight is 422 g/mol. The maximum atomic E-state index is 12.7. The van der Waals surface area contributed by atoms with Crippen molar-refractivity contribution in [2.24, 2.45) is 5.10 Å². The lowest BCUT2D eigenvalue weighted by Gasteiger charge is -2.05. The lowest BCUT2D eigenvalue weighted by atomic mass is 10.1. The van der Waals surface area contributed by atoms with Crippen LogP contribution in [-0.2, 0) is 6.42 Å². The van der Waals surface area contributed by atoms with Crippen LogP contribution < -0.4 is 11.2 Å². The van der Waals surface area contributed by atoms with Crippen molar-refractivity contribution in [1.29, 1.82) is 0 Å². The number of aromatic nitrogens is 9. The molecule has 4 rings (SSSR count). The molecule has 0 aliphatic rings. The molecule has 14 nitrogen and oxygen atoms in total. The second kappa shape index (κ2) is 8.48. The van der Waals surface area contributed by atoms with Gasteiger partial charge in [0.2, 0.25) is 11.6 Å². The first-order chi connectivity index (χ1) is 15.1. The van der Waals surface area contributed by atoms with Crippen LogP contribution in [0, 0.1) is 0 Å². The molecule has 14 heteroatoms. The largest absolute Gasteiger partial charge is 0.378 e. The Kier molecular flexibility index (Phi) is 5.42. The average Bonchev–Trinajstić information content (AvgIpc) is 3.53. The first kappa shape index (κ1) is 19.8. The molecular formula is C17H18N12O2. The Morgan fingerprint density at radius 3 is 2.68 bits per heavy atom. The van der Waals surface area contributed by atoms with E-state index >= 15 is 0 Å². The molecule has 0 spiro atoms. The summed E-state index contributed by atoms with van der Waals surface area (Å²) < 4.78 is 7.50. The van der Waals surface area contributed by atoms with E-state index in [2.05, 4.69) is 51.3 Å². The smallest absolute Gasteiger partial charge is 0.293 e. The molecule has 0 bridgehead atoms. The quantitative estimate of drug-likeness (QED) is 0.311. The molecule has 0 radical (unpaired) electrons. The fourth-order valence-electron chi connectivity index (χ4n) is 2.83. The fourth-order valence-corrected chi connectivity index (χ4v) is 2.83. The lowest BCUT2D eigenvalue weighted by molar-refractivity contribution is 0.0948. The van der Waals surface area contributed by atoms with Crippen LogP contribution in [-0.4, -0.2) is 57.1 Å². The van der Waals surface area contributed by atoms with Gasteiger partial charge in [-0.05, 0) is 51.8 Å². The maximum absolute atomic E-state index is 12.7. The van der Waals surface area contributed by atoms with Crippen LogP contribution in [0.15, 0.2) is 40.3 Å². The summed E-state index contributed by atoms with van der Waals surface area (Å²) in [4.78, 5) is 12.7. The third-order valence-electron chi connectivity index (χ3n) is 4.39. The molecular weight excluding hydrogens is 404 g/mol. The Balaban J connectivity index is 1.52. The number of anilines is 1. The van der Waals surface area contributed by atoms with Crippen LogP contribution in [0.4, 0.5) is 5.82 Å². The van der Waals surface area contributed by atoms with Gasteiger partial charge in [0.15, 0.2) is 5.69 Å². The predicted octanol–water partition coefficient (Wildman–Crippen LogP) is 0.315. The summed E-state index contributed by atoms with van der Waals surface area (Å²) in [6.45, 7) is 3.74. The monoisotopic (exact) mass is 422 g/mol. The highest BCUT2D eigenvalue weighted by atomic mass is 16.6. The SMILES string of the molecule is CCCc1c(C(=O)N/N=C(\C)c2ccc(-n3cnnn3)cc2)nnn1-c1nonc1N. The Bertz CT molecular complexity index is 1210. The van der Waals surface area contributed by atoms with Gasteiger partial charge in [0.25, 0.3) is 5.91 Å². The molecule has 3 heterocycles. The van der Waals surface area contributed by atoms with Crippen molar-refractivity contribution in [3.63, 3.8) is 0 Å². The number of nitrogens with zero attached hydrogens (tertiary/aromatic N) is 10. The van der Waals surface area contributed by atoms with Crippen LogP contribution >= 0.6 is 0 Å². The van der Waals surface area contributed by atoms with Crippen LogP contribution in [0.25, 0.3) is 11.5 Å². The van der Waals surface area contributed by atoms with Gasteiger partial charge in [-0.15, -0.1) is 10.2 Å².